The molecule has 4 heteroatoms. The van der Waals surface area contributed by atoms with Gasteiger partial charge in [-0.05, 0) is 51.8 Å². The van der Waals surface area contributed by atoms with E-state index in [4.69, 9.17) is 4.42 Å². The number of furan rings is 1. The lowest BCUT2D eigenvalue weighted by Crippen LogP contribution is -2.37. The number of hydrogen-bond donors (Lipinski definition) is 1. The van der Waals surface area contributed by atoms with Gasteiger partial charge in [-0.3, -0.25) is 4.79 Å². The summed E-state index contributed by atoms with van der Waals surface area (Å²) in [6, 6.07) is 7.82. The summed E-state index contributed by atoms with van der Waals surface area (Å²) in [6.07, 6.45) is 5.09. The molecule has 1 aliphatic heterocycles. The van der Waals surface area contributed by atoms with Crippen LogP contribution in [0.25, 0.3) is 11.0 Å². The normalized spacial score (nSPS) is 20.0. The van der Waals surface area contributed by atoms with Crippen LogP contribution in [0.3, 0.4) is 0 Å². The van der Waals surface area contributed by atoms with E-state index in [9.17, 15) is 4.79 Å². The molecule has 0 spiro atoms. The first-order chi connectivity index (χ1) is 11.2. The van der Waals surface area contributed by atoms with E-state index in [0.717, 1.165) is 29.6 Å². The Labute approximate surface area is 136 Å². The van der Waals surface area contributed by atoms with Crippen LogP contribution in [-0.4, -0.2) is 37.0 Å². The Morgan fingerprint density at radius 1 is 1.26 bits per heavy atom. The Morgan fingerprint density at radius 2 is 2.00 bits per heavy atom. The number of carbonyl (C=O) groups excluding carboxylic acids is 1. The molecule has 23 heavy (non-hydrogen) atoms. The fraction of sp³-hybridized carbons (Fsp3) is 0.526. The summed E-state index contributed by atoms with van der Waals surface area (Å²) in [4.78, 5) is 15.1. The molecular weight excluding hydrogens is 288 g/mol. The summed E-state index contributed by atoms with van der Waals surface area (Å²) in [5.41, 5.74) is 2.02. The first-order valence-electron chi connectivity index (χ1n) is 8.66. The highest BCUT2D eigenvalue weighted by Gasteiger charge is 2.44. The van der Waals surface area contributed by atoms with Gasteiger partial charge in [-0.15, -0.1) is 0 Å². The number of amides is 1. The predicted molar refractivity (Wildman–Crippen MR) is 90.6 cm³/mol. The summed E-state index contributed by atoms with van der Waals surface area (Å²) in [5.74, 6) is 0.384. The molecule has 4 nitrogen and oxygen atoms in total. The van der Waals surface area contributed by atoms with Crippen LogP contribution in [0.2, 0.25) is 0 Å². The van der Waals surface area contributed by atoms with Gasteiger partial charge < -0.3 is 14.6 Å². The largest absolute Gasteiger partial charge is 0.451 e. The predicted octanol–water partition coefficient (Wildman–Crippen LogP) is 3.35. The van der Waals surface area contributed by atoms with Gasteiger partial charge in [-0.1, -0.05) is 18.2 Å². The van der Waals surface area contributed by atoms with Crippen molar-refractivity contribution >= 4 is 16.9 Å². The number of hydrogen-bond acceptors (Lipinski definition) is 3. The molecule has 0 unspecified atom stereocenters. The number of rotatable bonds is 5. The van der Waals surface area contributed by atoms with E-state index >= 15 is 0 Å². The van der Waals surface area contributed by atoms with E-state index in [1.165, 1.54) is 38.8 Å². The topological polar surface area (TPSA) is 45.5 Å². The van der Waals surface area contributed by atoms with Crippen LogP contribution in [-0.2, 0) is 0 Å². The maximum atomic E-state index is 12.5. The summed E-state index contributed by atoms with van der Waals surface area (Å²) in [7, 11) is 0. The van der Waals surface area contributed by atoms with E-state index < -0.39 is 0 Å². The van der Waals surface area contributed by atoms with Crippen LogP contribution in [0.4, 0.5) is 0 Å². The fourth-order valence-electron chi connectivity index (χ4n) is 3.72. The number of likely N-dealkylation sites (tertiary alicyclic amines) is 1. The van der Waals surface area contributed by atoms with Crippen molar-refractivity contribution in [3.8, 4) is 0 Å². The second-order valence-corrected chi connectivity index (χ2v) is 7.22. The highest BCUT2D eigenvalue weighted by Crippen LogP contribution is 2.46. The van der Waals surface area contributed by atoms with Crippen molar-refractivity contribution in [3.05, 3.63) is 35.6 Å². The number of benzene rings is 1. The Bertz CT molecular complexity index is 724. The maximum Gasteiger partial charge on any atom is 0.287 e. The highest BCUT2D eigenvalue weighted by atomic mass is 16.3. The monoisotopic (exact) mass is 312 g/mol. The van der Waals surface area contributed by atoms with Crippen molar-refractivity contribution in [2.24, 2.45) is 5.41 Å². The van der Waals surface area contributed by atoms with Crippen LogP contribution in [0.1, 0.15) is 41.8 Å². The quantitative estimate of drug-likeness (QED) is 0.921. The fourth-order valence-corrected chi connectivity index (χ4v) is 3.72. The minimum atomic E-state index is -0.0774. The molecule has 1 aromatic carbocycles. The van der Waals surface area contributed by atoms with Crippen molar-refractivity contribution in [2.45, 2.75) is 32.6 Å². The zero-order chi connectivity index (χ0) is 15.9. The van der Waals surface area contributed by atoms with Crippen molar-refractivity contribution in [1.82, 2.24) is 10.2 Å². The molecule has 4 rings (SSSR count). The summed E-state index contributed by atoms with van der Waals surface area (Å²) in [6.45, 7) is 6.29. The van der Waals surface area contributed by atoms with E-state index in [0.29, 0.717) is 11.2 Å². The molecule has 1 amide bonds. The van der Waals surface area contributed by atoms with Gasteiger partial charge in [0, 0.05) is 29.5 Å². The Balaban J connectivity index is 1.42. The average molecular weight is 312 g/mol. The van der Waals surface area contributed by atoms with Gasteiger partial charge in [0.1, 0.15) is 5.58 Å². The third kappa shape index (κ3) is 2.88. The third-order valence-corrected chi connectivity index (χ3v) is 5.39. The lowest BCUT2D eigenvalue weighted by atomic mass is 10.1. The number of fused-ring (bicyclic) bond motifs is 1. The zero-order valence-corrected chi connectivity index (χ0v) is 13.7. The SMILES string of the molecule is Cc1c(C(=O)NCC2(CN3CCCC3)CC2)oc2ccccc12. The van der Waals surface area contributed by atoms with E-state index in [2.05, 4.69) is 10.2 Å². The average Bonchev–Trinajstić information content (AvgIpc) is 2.97. The second-order valence-electron chi connectivity index (χ2n) is 7.22. The van der Waals surface area contributed by atoms with E-state index in [1.807, 2.05) is 31.2 Å². The van der Waals surface area contributed by atoms with Crippen LogP contribution < -0.4 is 5.32 Å². The molecule has 0 radical (unpaired) electrons. The van der Waals surface area contributed by atoms with Crippen LogP contribution >= 0.6 is 0 Å². The van der Waals surface area contributed by atoms with Crippen LogP contribution in [0, 0.1) is 12.3 Å². The number of nitrogens with zero attached hydrogens (tertiary/aromatic N) is 1. The lowest BCUT2D eigenvalue weighted by molar-refractivity contribution is 0.0913. The van der Waals surface area contributed by atoms with E-state index in [1.54, 1.807) is 0 Å². The molecule has 2 aromatic rings. The summed E-state index contributed by atoms with van der Waals surface area (Å²) < 4.78 is 5.76. The molecule has 1 saturated heterocycles. The maximum absolute atomic E-state index is 12.5. The molecule has 0 atom stereocenters. The Hall–Kier alpha value is -1.81. The van der Waals surface area contributed by atoms with Crippen LogP contribution in [0.5, 0.6) is 0 Å². The van der Waals surface area contributed by atoms with Gasteiger partial charge in [0.25, 0.3) is 5.91 Å². The summed E-state index contributed by atoms with van der Waals surface area (Å²) >= 11 is 0. The van der Waals surface area contributed by atoms with Gasteiger partial charge in [0.15, 0.2) is 5.76 Å². The van der Waals surface area contributed by atoms with Gasteiger partial charge >= 0.3 is 0 Å². The van der Waals surface area contributed by atoms with Crippen LogP contribution in [0.15, 0.2) is 28.7 Å². The van der Waals surface area contributed by atoms with Crippen molar-refractivity contribution in [3.63, 3.8) is 0 Å². The summed E-state index contributed by atoms with van der Waals surface area (Å²) in [5, 5.41) is 4.14. The third-order valence-electron chi connectivity index (χ3n) is 5.39. The molecule has 2 aliphatic rings. The van der Waals surface area contributed by atoms with Crippen molar-refractivity contribution in [2.75, 3.05) is 26.2 Å². The second kappa shape index (κ2) is 5.68. The molecule has 2 fully saturated rings. The minimum Gasteiger partial charge on any atom is -0.451 e. The standard InChI is InChI=1S/C19H24N2O2/c1-14-15-6-2-3-7-16(15)23-17(14)18(22)20-12-19(8-9-19)13-21-10-4-5-11-21/h2-3,6-7H,4-5,8-13H2,1H3,(H,20,22). The number of para-hydroxylation sites is 1. The molecule has 122 valence electrons. The molecule has 0 bridgehead atoms. The Kier molecular flexibility index (Phi) is 3.64. The smallest absolute Gasteiger partial charge is 0.287 e. The molecule has 1 N–H and O–H groups in total. The van der Waals surface area contributed by atoms with E-state index in [-0.39, 0.29) is 5.91 Å². The zero-order valence-electron chi connectivity index (χ0n) is 13.7. The number of aryl methyl sites for hydroxylation is 1. The Morgan fingerprint density at radius 3 is 2.70 bits per heavy atom. The van der Waals surface area contributed by atoms with Crippen molar-refractivity contribution in [1.29, 1.82) is 0 Å². The van der Waals surface area contributed by atoms with Crippen molar-refractivity contribution < 1.29 is 9.21 Å². The van der Waals surface area contributed by atoms with Gasteiger partial charge in [-0.25, -0.2) is 0 Å². The number of nitrogens with one attached hydrogen (secondary N) is 1. The molecule has 1 aliphatic carbocycles. The first-order valence-corrected chi connectivity index (χ1v) is 8.66. The van der Waals surface area contributed by atoms with Gasteiger partial charge in [-0.2, -0.15) is 0 Å². The minimum absolute atomic E-state index is 0.0774. The first kappa shape index (κ1) is 14.8. The van der Waals surface area contributed by atoms with Gasteiger partial charge in [0.2, 0.25) is 0 Å². The number of carbonyl (C=O) groups is 1. The molecule has 1 saturated carbocycles. The molecule has 1 aromatic heterocycles. The molecular formula is C19H24N2O2. The van der Waals surface area contributed by atoms with Gasteiger partial charge in [0.05, 0.1) is 0 Å². The highest BCUT2D eigenvalue weighted by molar-refractivity contribution is 5.98. The molecule has 2 heterocycles. The lowest BCUT2D eigenvalue weighted by Gasteiger charge is -2.23.